The highest BCUT2D eigenvalue weighted by Gasteiger charge is 2.21. The number of sulfonamides is 1. The molecule has 0 amide bonds. The molecule has 2 heterocycles. The predicted octanol–water partition coefficient (Wildman–Crippen LogP) is 4.11. The third kappa shape index (κ3) is 4.72. The maximum Gasteiger partial charge on any atom is 0.247 e. The minimum Gasteiger partial charge on any atom is -0.420 e. The molecule has 0 unspecified atom stereocenters. The lowest BCUT2D eigenvalue weighted by Gasteiger charge is -2.18. The van der Waals surface area contributed by atoms with Crippen molar-refractivity contribution < 1.29 is 12.8 Å². The average molecular weight is 439 g/mol. The zero-order valence-electron chi connectivity index (χ0n) is 15.4. The van der Waals surface area contributed by atoms with Crippen molar-refractivity contribution in [3.63, 3.8) is 0 Å². The Morgan fingerprint density at radius 3 is 2.39 bits per heavy atom. The molecule has 28 heavy (non-hydrogen) atoms. The number of hydrogen-bond donors (Lipinski definition) is 0. The Balaban J connectivity index is 1.65. The van der Waals surface area contributed by atoms with E-state index in [2.05, 4.69) is 15.2 Å². The first-order chi connectivity index (χ1) is 13.4. The van der Waals surface area contributed by atoms with Crippen LogP contribution < -0.4 is 0 Å². The standard InChI is InChI=1S/C18H19ClN4O3S2/c1-3-23(4-2)28(24,25)15-9-10-17(20-11-15)27-12-16-21-22-18(26-16)13-5-7-14(19)8-6-13/h5-11H,3-4,12H2,1-2H3. The fourth-order valence-corrected chi connectivity index (χ4v) is 4.68. The molecule has 3 rings (SSSR count). The number of nitrogens with zero attached hydrogens (tertiary/aromatic N) is 4. The van der Waals surface area contributed by atoms with Gasteiger partial charge in [0.2, 0.25) is 21.8 Å². The van der Waals surface area contributed by atoms with Crippen LogP contribution in [-0.2, 0) is 15.8 Å². The van der Waals surface area contributed by atoms with Gasteiger partial charge in [-0.1, -0.05) is 37.2 Å². The molecule has 0 aliphatic rings. The predicted molar refractivity (Wildman–Crippen MR) is 109 cm³/mol. The van der Waals surface area contributed by atoms with Crippen molar-refractivity contribution >= 4 is 33.4 Å². The van der Waals surface area contributed by atoms with Crippen molar-refractivity contribution in [2.75, 3.05) is 13.1 Å². The molecule has 0 spiro atoms. The second-order valence-corrected chi connectivity index (χ2v) is 9.09. The molecule has 0 saturated carbocycles. The van der Waals surface area contributed by atoms with E-state index >= 15 is 0 Å². The van der Waals surface area contributed by atoms with Crippen molar-refractivity contribution in [2.24, 2.45) is 0 Å². The molecular formula is C18H19ClN4O3S2. The fourth-order valence-electron chi connectivity index (χ4n) is 2.47. The maximum absolute atomic E-state index is 12.5. The van der Waals surface area contributed by atoms with E-state index in [0.717, 1.165) is 5.56 Å². The highest BCUT2D eigenvalue weighted by Crippen LogP contribution is 2.25. The number of hydrogen-bond acceptors (Lipinski definition) is 7. The average Bonchev–Trinajstić information content (AvgIpc) is 3.17. The van der Waals surface area contributed by atoms with E-state index in [4.69, 9.17) is 16.0 Å². The number of benzene rings is 1. The van der Waals surface area contributed by atoms with Gasteiger partial charge in [0, 0.05) is 29.9 Å². The van der Waals surface area contributed by atoms with Crippen molar-refractivity contribution in [1.82, 2.24) is 19.5 Å². The molecule has 7 nitrogen and oxygen atoms in total. The van der Waals surface area contributed by atoms with E-state index < -0.39 is 10.0 Å². The fraction of sp³-hybridized carbons (Fsp3) is 0.278. The lowest BCUT2D eigenvalue weighted by atomic mass is 10.2. The Kier molecular flexibility index (Phi) is 6.71. The highest BCUT2D eigenvalue weighted by atomic mass is 35.5. The van der Waals surface area contributed by atoms with Crippen molar-refractivity contribution in [2.45, 2.75) is 29.5 Å². The second kappa shape index (κ2) is 9.04. The Labute approximate surface area is 173 Å². The van der Waals surface area contributed by atoms with Gasteiger partial charge in [-0.05, 0) is 36.4 Å². The minimum atomic E-state index is -3.50. The summed E-state index contributed by atoms with van der Waals surface area (Å²) in [6.45, 7) is 4.45. The Hall–Kier alpha value is -1.94. The van der Waals surface area contributed by atoms with E-state index in [9.17, 15) is 8.42 Å². The molecule has 2 aromatic heterocycles. The zero-order chi connectivity index (χ0) is 20.1. The molecule has 10 heteroatoms. The van der Waals surface area contributed by atoms with Crippen molar-refractivity contribution in [3.05, 3.63) is 53.5 Å². The second-order valence-electron chi connectivity index (χ2n) is 5.72. The number of halogens is 1. The lowest BCUT2D eigenvalue weighted by Crippen LogP contribution is -2.30. The molecule has 0 N–H and O–H groups in total. The van der Waals surface area contributed by atoms with Gasteiger partial charge in [-0.25, -0.2) is 13.4 Å². The summed E-state index contributed by atoms with van der Waals surface area (Å²) in [6.07, 6.45) is 1.38. The molecular weight excluding hydrogens is 420 g/mol. The van der Waals surface area contributed by atoms with Crippen LogP contribution in [0, 0.1) is 0 Å². The third-order valence-electron chi connectivity index (χ3n) is 3.95. The van der Waals surface area contributed by atoms with E-state index in [1.165, 1.54) is 22.3 Å². The quantitative estimate of drug-likeness (QED) is 0.489. The summed E-state index contributed by atoms with van der Waals surface area (Å²) in [5, 5.41) is 9.37. The summed E-state index contributed by atoms with van der Waals surface area (Å²) < 4.78 is 32.0. The first-order valence-corrected chi connectivity index (χ1v) is 11.4. The van der Waals surface area contributed by atoms with Gasteiger partial charge in [0.05, 0.1) is 10.8 Å². The zero-order valence-corrected chi connectivity index (χ0v) is 17.8. The monoisotopic (exact) mass is 438 g/mol. The van der Waals surface area contributed by atoms with Crippen LogP contribution in [0.5, 0.6) is 0 Å². The minimum absolute atomic E-state index is 0.184. The SMILES string of the molecule is CCN(CC)S(=O)(=O)c1ccc(SCc2nnc(-c3ccc(Cl)cc3)o2)nc1. The summed E-state index contributed by atoms with van der Waals surface area (Å²) in [6, 6.07) is 10.4. The Bertz CT molecular complexity index is 1020. The van der Waals surface area contributed by atoms with Crippen molar-refractivity contribution in [1.29, 1.82) is 0 Å². The molecule has 0 fully saturated rings. The largest absolute Gasteiger partial charge is 0.420 e. The first kappa shape index (κ1) is 20.8. The molecule has 0 atom stereocenters. The molecule has 0 aliphatic heterocycles. The number of rotatable bonds is 8. The van der Waals surface area contributed by atoms with Gasteiger partial charge in [-0.15, -0.1) is 10.2 Å². The van der Waals surface area contributed by atoms with Crippen LogP contribution in [0.25, 0.3) is 11.5 Å². The van der Waals surface area contributed by atoms with Crippen molar-refractivity contribution in [3.8, 4) is 11.5 Å². The summed E-state index contributed by atoms with van der Waals surface area (Å²) in [5.74, 6) is 1.30. The van der Waals surface area contributed by atoms with Crippen LogP contribution in [0.15, 0.2) is 56.9 Å². The number of thioether (sulfide) groups is 1. The van der Waals surface area contributed by atoms with Gasteiger partial charge >= 0.3 is 0 Å². The van der Waals surface area contributed by atoms with Crippen LogP contribution in [0.3, 0.4) is 0 Å². The molecule has 148 valence electrons. The van der Waals surface area contributed by atoms with Gasteiger partial charge < -0.3 is 4.42 Å². The van der Waals surface area contributed by atoms with Crippen LogP contribution in [-0.4, -0.2) is 41.0 Å². The molecule has 0 bridgehead atoms. The van der Waals surface area contributed by atoms with Crippen LogP contribution in [0.1, 0.15) is 19.7 Å². The van der Waals surface area contributed by atoms with Gasteiger partial charge in [0.15, 0.2) is 0 Å². The number of pyridine rings is 1. The van der Waals surface area contributed by atoms with E-state index in [-0.39, 0.29) is 4.90 Å². The Morgan fingerprint density at radius 1 is 1.07 bits per heavy atom. The van der Waals surface area contributed by atoms with Gasteiger partial charge in [0.25, 0.3) is 0 Å². The van der Waals surface area contributed by atoms with Crippen LogP contribution in [0.4, 0.5) is 0 Å². The topological polar surface area (TPSA) is 89.2 Å². The van der Waals surface area contributed by atoms with Gasteiger partial charge in [-0.2, -0.15) is 4.31 Å². The molecule has 3 aromatic rings. The molecule has 0 radical (unpaired) electrons. The smallest absolute Gasteiger partial charge is 0.247 e. The van der Waals surface area contributed by atoms with Crippen LogP contribution >= 0.6 is 23.4 Å². The van der Waals surface area contributed by atoms with Gasteiger partial charge in [-0.3, -0.25) is 0 Å². The first-order valence-electron chi connectivity index (χ1n) is 8.61. The van der Waals surface area contributed by atoms with Gasteiger partial charge in [0.1, 0.15) is 4.90 Å². The van der Waals surface area contributed by atoms with Crippen LogP contribution in [0.2, 0.25) is 5.02 Å². The molecule has 1 aromatic carbocycles. The van der Waals surface area contributed by atoms with E-state index in [0.29, 0.717) is 40.7 Å². The molecule has 0 aliphatic carbocycles. The number of aromatic nitrogens is 3. The summed E-state index contributed by atoms with van der Waals surface area (Å²) in [4.78, 5) is 4.42. The summed E-state index contributed by atoms with van der Waals surface area (Å²) in [7, 11) is -3.50. The highest BCUT2D eigenvalue weighted by molar-refractivity contribution is 7.98. The van der Waals surface area contributed by atoms with E-state index in [1.807, 2.05) is 12.1 Å². The Morgan fingerprint density at radius 2 is 1.79 bits per heavy atom. The maximum atomic E-state index is 12.5. The normalized spacial score (nSPS) is 11.9. The lowest BCUT2D eigenvalue weighted by molar-refractivity contribution is 0.445. The summed E-state index contributed by atoms with van der Waals surface area (Å²) in [5.41, 5.74) is 0.789. The summed E-state index contributed by atoms with van der Waals surface area (Å²) >= 11 is 7.26. The molecule has 0 saturated heterocycles. The third-order valence-corrected chi connectivity index (χ3v) is 7.17. The van der Waals surface area contributed by atoms with E-state index in [1.54, 1.807) is 38.1 Å².